The maximum atomic E-state index is 13.1. The molecule has 1 fully saturated rings. The first-order chi connectivity index (χ1) is 12.3. The molecule has 3 heterocycles. The summed E-state index contributed by atoms with van der Waals surface area (Å²) in [6, 6.07) is 6.30. The van der Waals surface area contributed by atoms with Gasteiger partial charge in [0.05, 0.1) is 0 Å². The number of nitrogens with zero attached hydrogens (tertiary/aromatic N) is 3. The Kier molecular flexibility index (Phi) is 4.81. The minimum atomic E-state index is 0.0672. The molecule has 1 saturated heterocycles. The van der Waals surface area contributed by atoms with Gasteiger partial charge in [-0.25, -0.2) is 0 Å². The number of carbonyl (C=O) groups excluding carboxylic acids is 1. The van der Waals surface area contributed by atoms with Crippen LogP contribution in [0.2, 0.25) is 0 Å². The zero-order valence-corrected chi connectivity index (χ0v) is 14.6. The predicted molar refractivity (Wildman–Crippen MR) is 94.4 cm³/mol. The molecule has 1 unspecified atom stereocenters. The third-order valence-electron chi connectivity index (χ3n) is 5.50. The lowest BCUT2D eigenvalue weighted by Gasteiger charge is -2.35. The highest BCUT2D eigenvalue weighted by atomic mass is 16.5. The molecule has 1 amide bonds. The van der Waals surface area contributed by atoms with Crippen molar-refractivity contribution in [1.29, 1.82) is 0 Å². The fourth-order valence-electron chi connectivity index (χ4n) is 4.12. The Morgan fingerprint density at radius 3 is 3.00 bits per heavy atom. The second-order valence-electron chi connectivity index (χ2n) is 7.15. The second kappa shape index (κ2) is 7.38. The van der Waals surface area contributed by atoms with Crippen LogP contribution in [0, 0.1) is 0 Å². The first-order valence-electron chi connectivity index (χ1n) is 9.51. The van der Waals surface area contributed by atoms with Gasteiger partial charge in [0.1, 0.15) is 5.76 Å². The number of piperidine rings is 1. The molecule has 2 aromatic rings. The number of hydrogen-bond acceptors (Lipinski definition) is 4. The topological polar surface area (TPSA) is 59.2 Å². The highest BCUT2D eigenvalue weighted by Crippen LogP contribution is 2.28. The Hall–Kier alpha value is -2.17. The number of fused-ring (bicyclic) bond motifs is 1. The first-order valence-corrected chi connectivity index (χ1v) is 9.51. The van der Waals surface area contributed by atoms with Crippen LogP contribution in [0.1, 0.15) is 66.0 Å². The van der Waals surface area contributed by atoms with Crippen LogP contribution in [0.25, 0.3) is 0 Å². The smallest absolute Gasteiger partial charge is 0.276 e. The molecule has 132 valence electrons. The van der Waals surface area contributed by atoms with Gasteiger partial charge in [0, 0.05) is 36.5 Å². The molecule has 0 bridgehead atoms. The fourth-order valence-corrected chi connectivity index (χ4v) is 4.12. The van der Waals surface area contributed by atoms with Crippen LogP contribution in [0.4, 0.5) is 0 Å². The molecule has 25 heavy (non-hydrogen) atoms. The van der Waals surface area contributed by atoms with Crippen molar-refractivity contribution in [3.63, 3.8) is 0 Å². The second-order valence-corrected chi connectivity index (χ2v) is 7.15. The van der Waals surface area contributed by atoms with Crippen molar-refractivity contribution >= 4 is 5.91 Å². The highest BCUT2D eigenvalue weighted by Gasteiger charge is 2.32. The van der Waals surface area contributed by atoms with Gasteiger partial charge in [-0.2, -0.15) is 0 Å². The molecule has 0 N–H and O–H groups in total. The molecule has 5 nitrogen and oxygen atoms in total. The summed E-state index contributed by atoms with van der Waals surface area (Å²) in [4.78, 5) is 19.6. The molecular formula is C20H25N3O2. The zero-order valence-electron chi connectivity index (χ0n) is 14.6. The molecule has 2 aliphatic rings. The van der Waals surface area contributed by atoms with Crippen molar-refractivity contribution in [3.05, 3.63) is 47.1 Å². The average molecular weight is 339 g/mol. The molecule has 1 atom stereocenters. The third-order valence-corrected chi connectivity index (χ3v) is 5.50. The predicted octanol–water partition coefficient (Wildman–Crippen LogP) is 3.58. The molecule has 0 radical (unpaired) electrons. The molecule has 2 aromatic heterocycles. The zero-order chi connectivity index (χ0) is 17.1. The van der Waals surface area contributed by atoms with Gasteiger partial charge in [-0.15, -0.1) is 0 Å². The van der Waals surface area contributed by atoms with Crippen molar-refractivity contribution in [3.8, 4) is 0 Å². The Balaban J connectivity index is 1.48. The van der Waals surface area contributed by atoms with Crippen LogP contribution in [0.3, 0.4) is 0 Å². The standard InChI is InChI=1S/C20H25N3O2/c24-20(19-17-9-1-2-10-18(17)25-22-19)23-14-6-4-8-16(23)12-11-15-7-3-5-13-21-15/h3,5,7,13,16H,1-2,4,6,8-12,14H2. The number of likely N-dealkylation sites (tertiary alicyclic amines) is 1. The minimum Gasteiger partial charge on any atom is -0.360 e. The lowest BCUT2D eigenvalue weighted by Crippen LogP contribution is -2.44. The number of amides is 1. The van der Waals surface area contributed by atoms with E-state index >= 15 is 0 Å². The van der Waals surface area contributed by atoms with Crippen molar-refractivity contribution in [2.45, 2.75) is 63.8 Å². The van der Waals surface area contributed by atoms with Gasteiger partial charge in [0.2, 0.25) is 0 Å². The number of carbonyl (C=O) groups is 1. The number of rotatable bonds is 4. The fraction of sp³-hybridized carbons (Fsp3) is 0.550. The minimum absolute atomic E-state index is 0.0672. The Bertz CT molecular complexity index is 726. The highest BCUT2D eigenvalue weighted by molar-refractivity contribution is 5.94. The Morgan fingerprint density at radius 1 is 1.20 bits per heavy atom. The van der Waals surface area contributed by atoms with Gasteiger partial charge in [0.15, 0.2) is 5.69 Å². The molecule has 4 rings (SSSR count). The maximum absolute atomic E-state index is 13.1. The average Bonchev–Trinajstić information content (AvgIpc) is 3.11. The quantitative estimate of drug-likeness (QED) is 0.854. The van der Waals surface area contributed by atoms with Crippen LogP contribution < -0.4 is 0 Å². The number of aryl methyl sites for hydroxylation is 2. The molecule has 5 heteroatoms. The lowest BCUT2D eigenvalue weighted by atomic mass is 9.94. The van der Waals surface area contributed by atoms with E-state index in [1.807, 2.05) is 23.2 Å². The van der Waals surface area contributed by atoms with Crippen molar-refractivity contribution in [2.24, 2.45) is 0 Å². The van der Waals surface area contributed by atoms with E-state index in [0.717, 1.165) is 74.9 Å². The molecule has 1 aliphatic heterocycles. The van der Waals surface area contributed by atoms with E-state index in [4.69, 9.17) is 4.52 Å². The van der Waals surface area contributed by atoms with E-state index in [-0.39, 0.29) is 11.9 Å². The van der Waals surface area contributed by atoms with Crippen molar-refractivity contribution < 1.29 is 9.32 Å². The Morgan fingerprint density at radius 2 is 2.12 bits per heavy atom. The largest absolute Gasteiger partial charge is 0.360 e. The lowest BCUT2D eigenvalue weighted by molar-refractivity contribution is 0.0590. The van der Waals surface area contributed by atoms with Crippen LogP contribution in [0.5, 0.6) is 0 Å². The van der Waals surface area contributed by atoms with E-state index in [0.29, 0.717) is 5.69 Å². The molecule has 0 saturated carbocycles. The summed E-state index contributed by atoms with van der Waals surface area (Å²) in [7, 11) is 0. The summed E-state index contributed by atoms with van der Waals surface area (Å²) >= 11 is 0. The van der Waals surface area contributed by atoms with Gasteiger partial charge in [-0.3, -0.25) is 9.78 Å². The Labute approximate surface area is 148 Å². The third kappa shape index (κ3) is 3.46. The van der Waals surface area contributed by atoms with Crippen molar-refractivity contribution in [1.82, 2.24) is 15.0 Å². The molecule has 0 aromatic carbocycles. The van der Waals surface area contributed by atoms with Gasteiger partial charge in [0.25, 0.3) is 5.91 Å². The number of pyridine rings is 1. The normalized spacial score (nSPS) is 20.3. The first kappa shape index (κ1) is 16.3. The van der Waals surface area contributed by atoms with Gasteiger partial charge in [-0.05, 0) is 63.5 Å². The van der Waals surface area contributed by atoms with Gasteiger partial charge < -0.3 is 9.42 Å². The van der Waals surface area contributed by atoms with Crippen LogP contribution in [-0.4, -0.2) is 33.5 Å². The summed E-state index contributed by atoms with van der Waals surface area (Å²) in [5.74, 6) is 0.995. The van der Waals surface area contributed by atoms with E-state index in [9.17, 15) is 4.79 Å². The number of aromatic nitrogens is 2. The van der Waals surface area contributed by atoms with Crippen LogP contribution in [-0.2, 0) is 19.3 Å². The SMILES string of the molecule is O=C(c1noc2c1CCCC2)N1CCCCC1CCc1ccccn1. The molecule has 0 spiro atoms. The van der Waals surface area contributed by atoms with Crippen molar-refractivity contribution in [2.75, 3.05) is 6.54 Å². The van der Waals surface area contributed by atoms with E-state index in [1.165, 1.54) is 6.42 Å². The van der Waals surface area contributed by atoms with Crippen LogP contribution in [0.15, 0.2) is 28.9 Å². The molecular weight excluding hydrogens is 314 g/mol. The summed E-state index contributed by atoms with van der Waals surface area (Å²) in [6.45, 7) is 0.827. The summed E-state index contributed by atoms with van der Waals surface area (Å²) in [6.07, 6.45) is 11.1. The van der Waals surface area contributed by atoms with E-state index in [1.54, 1.807) is 0 Å². The summed E-state index contributed by atoms with van der Waals surface area (Å²) in [5, 5.41) is 4.15. The van der Waals surface area contributed by atoms with E-state index < -0.39 is 0 Å². The molecule has 1 aliphatic carbocycles. The summed E-state index contributed by atoms with van der Waals surface area (Å²) < 4.78 is 5.46. The monoisotopic (exact) mass is 339 g/mol. The van der Waals surface area contributed by atoms with E-state index in [2.05, 4.69) is 16.2 Å². The number of hydrogen-bond donors (Lipinski definition) is 0. The summed E-state index contributed by atoms with van der Waals surface area (Å²) in [5.41, 5.74) is 2.73. The van der Waals surface area contributed by atoms with Gasteiger partial charge >= 0.3 is 0 Å². The van der Waals surface area contributed by atoms with Crippen LogP contribution >= 0.6 is 0 Å². The maximum Gasteiger partial charge on any atom is 0.276 e. The van der Waals surface area contributed by atoms with Gasteiger partial charge in [-0.1, -0.05) is 11.2 Å².